The first-order chi connectivity index (χ1) is 12.0. The summed E-state index contributed by atoms with van der Waals surface area (Å²) >= 11 is 3.36. The number of para-hydroxylation sites is 1. The molecule has 2 aromatic carbocycles. The van der Waals surface area contributed by atoms with Gasteiger partial charge in [0.1, 0.15) is 5.75 Å². The number of carbonyl (C=O) groups is 2. The van der Waals surface area contributed by atoms with Crippen LogP contribution in [-0.2, 0) is 16.0 Å². The Morgan fingerprint density at radius 3 is 2.64 bits per heavy atom. The molecule has 0 bridgehead atoms. The van der Waals surface area contributed by atoms with Gasteiger partial charge in [-0.15, -0.1) is 0 Å². The van der Waals surface area contributed by atoms with Crippen LogP contribution in [0.1, 0.15) is 18.1 Å². The fraction of sp³-hybridized carbons (Fsp3) is 0.167. The lowest BCUT2D eigenvalue weighted by Crippen LogP contribution is -2.32. The van der Waals surface area contributed by atoms with Crippen LogP contribution >= 0.6 is 15.9 Å². The Morgan fingerprint density at radius 1 is 1.20 bits per heavy atom. The first-order valence-corrected chi connectivity index (χ1v) is 8.40. The number of hydrazone groups is 1. The van der Waals surface area contributed by atoms with E-state index in [1.54, 1.807) is 37.4 Å². The summed E-state index contributed by atoms with van der Waals surface area (Å²) < 4.78 is 5.90. The van der Waals surface area contributed by atoms with Crippen LogP contribution in [0.3, 0.4) is 0 Å². The Morgan fingerprint density at radius 2 is 1.96 bits per heavy atom. The third-order valence-corrected chi connectivity index (χ3v) is 4.03. The molecule has 0 aliphatic carbocycles. The minimum Gasteiger partial charge on any atom is -0.496 e. The van der Waals surface area contributed by atoms with Crippen molar-refractivity contribution in [3.8, 4) is 5.75 Å². The van der Waals surface area contributed by atoms with Crippen molar-refractivity contribution >= 4 is 39.6 Å². The molecule has 2 amide bonds. The molecule has 7 heteroatoms. The van der Waals surface area contributed by atoms with Gasteiger partial charge in [0.2, 0.25) is 0 Å². The molecule has 0 aliphatic rings. The molecule has 0 aromatic heterocycles. The third-order valence-electron chi connectivity index (χ3n) is 3.41. The van der Waals surface area contributed by atoms with E-state index in [0.717, 1.165) is 22.0 Å². The van der Waals surface area contributed by atoms with E-state index in [1.165, 1.54) is 6.21 Å². The normalized spacial score (nSPS) is 10.5. The van der Waals surface area contributed by atoms with E-state index >= 15 is 0 Å². The molecular formula is C18H18BrN3O3. The SMILES string of the molecule is CCc1ccccc1NC(=O)C(=O)N/N=C\c1ccc(OC)c(Br)c1. The van der Waals surface area contributed by atoms with E-state index in [-0.39, 0.29) is 0 Å². The lowest BCUT2D eigenvalue weighted by atomic mass is 10.1. The van der Waals surface area contributed by atoms with Gasteiger partial charge in [0.05, 0.1) is 17.8 Å². The van der Waals surface area contributed by atoms with Gasteiger partial charge in [-0.05, 0) is 57.7 Å². The van der Waals surface area contributed by atoms with Crippen LogP contribution in [0.25, 0.3) is 0 Å². The lowest BCUT2D eigenvalue weighted by Gasteiger charge is -2.08. The zero-order valence-electron chi connectivity index (χ0n) is 13.9. The van der Waals surface area contributed by atoms with Crippen LogP contribution < -0.4 is 15.5 Å². The van der Waals surface area contributed by atoms with Gasteiger partial charge in [-0.2, -0.15) is 5.10 Å². The molecule has 0 saturated heterocycles. The van der Waals surface area contributed by atoms with Crippen molar-refractivity contribution in [2.24, 2.45) is 5.10 Å². The van der Waals surface area contributed by atoms with Crippen molar-refractivity contribution in [2.75, 3.05) is 12.4 Å². The summed E-state index contributed by atoms with van der Waals surface area (Å²) in [6.07, 6.45) is 2.19. The molecular weight excluding hydrogens is 386 g/mol. The van der Waals surface area contributed by atoms with Crippen molar-refractivity contribution in [1.82, 2.24) is 5.43 Å². The molecule has 0 fully saturated rings. The summed E-state index contributed by atoms with van der Waals surface area (Å²) in [6, 6.07) is 12.7. The van der Waals surface area contributed by atoms with Gasteiger partial charge < -0.3 is 10.1 Å². The van der Waals surface area contributed by atoms with E-state index in [9.17, 15) is 9.59 Å². The Hall–Kier alpha value is -2.67. The highest BCUT2D eigenvalue weighted by atomic mass is 79.9. The molecule has 0 unspecified atom stereocenters. The summed E-state index contributed by atoms with van der Waals surface area (Å²) in [7, 11) is 1.57. The quantitative estimate of drug-likeness (QED) is 0.457. The molecule has 0 radical (unpaired) electrons. The van der Waals surface area contributed by atoms with Crippen LogP contribution in [0, 0.1) is 0 Å². The Labute approximate surface area is 154 Å². The monoisotopic (exact) mass is 403 g/mol. The van der Waals surface area contributed by atoms with Gasteiger partial charge in [0, 0.05) is 5.69 Å². The molecule has 0 aliphatic heterocycles. The highest BCUT2D eigenvalue weighted by Gasteiger charge is 2.14. The fourth-order valence-electron chi connectivity index (χ4n) is 2.11. The predicted molar refractivity (Wildman–Crippen MR) is 101 cm³/mol. The van der Waals surface area contributed by atoms with Crippen molar-refractivity contribution < 1.29 is 14.3 Å². The van der Waals surface area contributed by atoms with Crippen molar-refractivity contribution in [2.45, 2.75) is 13.3 Å². The van der Waals surface area contributed by atoms with E-state index in [2.05, 4.69) is 31.8 Å². The van der Waals surface area contributed by atoms with E-state index < -0.39 is 11.8 Å². The molecule has 25 heavy (non-hydrogen) atoms. The van der Waals surface area contributed by atoms with Crippen LogP contribution in [0.2, 0.25) is 0 Å². The maximum Gasteiger partial charge on any atom is 0.329 e. The van der Waals surface area contributed by atoms with E-state index in [1.807, 2.05) is 19.1 Å². The Balaban J connectivity index is 1.95. The third kappa shape index (κ3) is 5.15. The number of halogens is 1. The average Bonchev–Trinajstić information content (AvgIpc) is 2.62. The van der Waals surface area contributed by atoms with Gasteiger partial charge in [-0.1, -0.05) is 25.1 Å². The second kappa shape index (κ2) is 8.98. The van der Waals surface area contributed by atoms with Crippen molar-refractivity contribution in [3.63, 3.8) is 0 Å². The molecule has 2 aromatic rings. The summed E-state index contributed by atoms with van der Waals surface area (Å²) in [4.78, 5) is 23.8. The van der Waals surface area contributed by atoms with E-state index in [0.29, 0.717) is 11.4 Å². The number of benzene rings is 2. The number of nitrogens with one attached hydrogen (secondary N) is 2. The zero-order chi connectivity index (χ0) is 18.2. The zero-order valence-corrected chi connectivity index (χ0v) is 15.5. The second-order valence-corrected chi connectivity index (χ2v) is 5.91. The summed E-state index contributed by atoms with van der Waals surface area (Å²) in [5.41, 5.74) is 4.52. The fourth-order valence-corrected chi connectivity index (χ4v) is 2.67. The van der Waals surface area contributed by atoms with Crippen LogP contribution in [-0.4, -0.2) is 25.1 Å². The second-order valence-electron chi connectivity index (χ2n) is 5.06. The highest BCUT2D eigenvalue weighted by Crippen LogP contribution is 2.24. The molecule has 0 heterocycles. The maximum atomic E-state index is 11.9. The molecule has 0 spiro atoms. The molecule has 6 nitrogen and oxygen atoms in total. The van der Waals surface area contributed by atoms with Gasteiger partial charge in [-0.25, -0.2) is 5.43 Å². The minimum absolute atomic E-state index is 0.619. The van der Waals surface area contributed by atoms with Gasteiger partial charge >= 0.3 is 11.8 Å². The van der Waals surface area contributed by atoms with Crippen molar-refractivity contribution in [3.05, 3.63) is 58.1 Å². The van der Waals surface area contributed by atoms with Gasteiger partial charge in [0.25, 0.3) is 0 Å². The van der Waals surface area contributed by atoms with Crippen LogP contribution in [0.5, 0.6) is 5.75 Å². The standard InChI is InChI=1S/C18H18BrN3O3/c1-3-13-6-4-5-7-15(13)21-17(23)18(24)22-20-11-12-8-9-16(25-2)14(19)10-12/h4-11H,3H2,1-2H3,(H,21,23)(H,22,24)/b20-11-. The van der Waals surface area contributed by atoms with E-state index in [4.69, 9.17) is 4.74 Å². The number of nitrogens with zero attached hydrogens (tertiary/aromatic N) is 1. The van der Waals surface area contributed by atoms with Crippen LogP contribution in [0.4, 0.5) is 5.69 Å². The number of aryl methyl sites for hydroxylation is 1. The number of rotatable bonds is 5. The Bertz CT molecular complexity index is 806. The van der Waals surface area contributed by atoms with Crippen molar-refractivity contribution in [1.29, 1.82) is 0 Å². The number of amides is 2. The lowest BCUT2D eigenvalue weighted by molar-refractivity contribution is -0.136. The number of carbonyl (C=O) groups excluding carboxylic acids is 2. The number of hydrogen-bond acceptors (Lipinski definition) is 4. The Kier molecular flexibility index (Phi) is 6.71. The molecule has 2 N–H and O–H groups in total. The number of hydrogen-bond donors (Lipinski definition) is 2. The highest BCUT2D eigenvalue weighted by molar-refractivity contribution is 9.10. The van der Waals surface area contributed by atoms with Gasteiger partial charge in [-0.3, -0.25) is 9.59 Å². The summed E-state index contributed by atoms with van der Waals surface area (Å²) in [5.74, 6) is -0.918. The molecule has 2 rings (SSSR count). The largest absolute Gasteiger partial charge is 0.496 e. The topological polar surface area (TPSA) is 79.8 Å². The molecule has 0 atom stereocenters. The summed E-state index contributed by atoms with van der Waals surface area (Å²) in [5, 5.41) is 6.38. The first-order valence-electron chi connectivity index (χ1n) is 7.61. The average molecular weight is 404 g/mol. The number of ether oxygens (including phenoxy) is 1. The number of methoxy groups -OCH3 is 1. The molecule has 0 saturated carbocycles. The van der Waals surface area contributed by atoms with Crippen LogP contribution in [0.15, 0.2) is 52.0 Å². The minimum atomic E-state index is -0.838. The molecule has 130 valence electrons. The summed E-state index contributed by atoms with van der Waals surface area (Å²) in [6.45, 7) is 1.97. The smallest absolute Gasteiger partial charge is 0.329 e. The number of anilines is 1. The maximum absolute atomic E-state index is 11.9. The predicted octanol–water partition coefficient (Wildman–Crippen LogP) is 3.11. The first kappa shape index (κ1) is 18.7. The van der Waals surface area contributed by atoms with Gasteiger partial charge in [0.15, 0.2) is 0 Å².